The van der Waals surface area contributed by atoms with Crippen molar-refractivity contribution in [3.05, 3.63) is 36.4 Å². The fraction of sp³-hybridized carbons (Fsp3) is 0.556. The zero-order valence-corrected chi connectivity index (χ0v) is 17.2. The van der Waals surface area contributed by atoms with Crippen LogP contribution >= 0.6 is 0 Å². The standard InChI is InChI=1S/C18H23F3N6O2S/c1-10-3-4-14-16(11(2)24-25-14)17(10)26-30(28,29)13-8-23-27(9-13)12-5-6-22-15(7-12)18(19,20)21/h5-11,14,16-17,24-26H,3-4H2,1-2H3. The number of hydrazine groups is 1. The second-order valence-electron chi connectivity index (χ2n) is 7.98. The maximum absolute atomic E-state index is 13.0. The van der Waals surface area contributed by atoms with E-state index in [-0.39, 0.29) is 40.5 Å². The lowest BCUT2D eigenvalue weighted by Crippen LogP contribution is -2.53. The highest BCUT2D eigenvalue weighted by molar-refractivity contribution is 7.89. The number of pyridine rings is 1. The van der Waals surface area contributed by atoms with Crippen LogP contribution in [0, 0.1) is 11.8 Å². The SMILES string of the molecule is CC1CCC2NNC(C)C2C1NS(=O)(=O)c1cnn(-c2ccnc(C(F)(F)F)c2)c1. The Kier molecular flexibility index (Phi) is 5.37. The van der Waals surface area contributed by atoms with Crippen molar-refractivity contribution >= 4 is 10.0 Å². The van der Waals surface area contributed by atoms with E-state index in [4.69, 9.17) is 0 Å². The van der Waals surface area contributed by atoms with Crippen LogP contribution in [0.15, 0.2) is 35.6 Å². The molecule has 1 saturated carbocycles. The van der Waals surface area contributed by atoms with Crippen molar-refractivity contribution in [1.29, 1.82) is 0 Å². The Morgan fingerprint density at radius 2 is 2.00 bits per heavy atom. The van der Waals surface area contributed by atoms with Gasteiger partial charge in [-0.2, -0.15) is 18.3 Å². The molecule has 1 saturated heterocycles. The summed E-state index contributed by atoms with van der Waals surface area (Å²) in [5, 5.41) is 3.95. The molecule has 0 aromatic carbocycles. The molecule has 30 heavy (non-hydrogen) atoms. The number of nitrogens with zero attached hydrogens (tertiary/aromatic N) is 3. The van der Waals surface area contributed by atoms with E-state index in [1.165, 1.54) is 12.3 Å². The molecule has 5 unspecified atom stereocenters. The Bertz CT molecular complexity index is 1020. The van der Waals surface area contributed by atoms with Gasteiger partial charge >= 0.3 is 6.18 Å². The van der Waals surface area contributed by atoms with Gasteiger partial charge in [-0.1, -0.05) is 6.92 Å². The first kappa shape index (κ1) is 21.2. The number of halogens is 3. The fourth-order valence-electron chi connectivity index (χ4n) is 4.35. The lowest BCUT2D eigenvalue weighted by atomic mass is 9.73. The number of hydrogen-bond acceptors (Lipinski definition) is 6. The molecule has 5 atom stereocenters. The minimum Gasteiger partial charge on any atom is -0.254 e. The molecule has 1 aliphatic carbocycles. The molecule has 12 heteroatoms. The van der Waals surface area contributed by atoms with Gasteiger partial charge in [-0.25, -0.2) is 17.8 Å². The van der Waals surface area contributed by atoms with Crippen LogP contribution in [0.2, 0.25) is 0 Å². The first-order valence-corrected chi connectivity index (χ1v) is 11.2. The average molecular weight is 444 g/mol. The minimum absolute atomic E-state index is 0.0719. The maximum Gasteiger partial charge on any atom is 0.433 e. The summed E-state index contributed by atoms with van der Waals surface area (Å²) in [6.07, 6.45) is 0.590. The molecule has 1 aliphatic heterocycles. The van der Waals surface area contributed by atoms with Gasteiger partial charge in [0.05, 0.1) is 18.1 Å². The molecule has 2 aromatic rings. The minimum atomic E-state index is -4.60. The zero-order chi connectivity index (χ0) is 21.7. The average Bonchev–Trinajstić information content (AvgIpc) is 3.32. The van der Waals surface area contributed by atoms with Crippen LogP contribution < -0.4 is 15.6 Å². The van der Waals surface area contributed by atoms with Crippen LogP contribution in [-0.4, -0.2) is 41.3 Å². The van der Waals surface area contributed by atoms with Crippen molar-refractivity contribution in [1.82, 2.24) is 30.3 Å². The summed E-state index contributed by atoms with van der Waals surface area (Å²) in [5.74, 6) is 0.239. The summed E-state index contributed by atoms with van der Waals surface area (Å²) in [7, 11) is -3.91. The number of alkyl halides is 3. The van der Waals surface area contributed by atoms with Gasteiger partial charge < -0.3 is 0 Å². The van der Waals surface area contributed by atoms with Gasteiger partial charge in [0.15, 0.2) is 0 Å². The second kappa shape index (κ2) is 7.59. The molecule has 4 rings (SSSR count). The van der Waals surface area contributed by atoms with Crippen LogP contribution in [0.3, 0.4) is 0 Å². The van der Waals surface area contributed by atoms with Crippen molar-refractivity contribution in [3.63, 3.8) is 0 Å². The van der Waals surface area contributed by atoms with Gasteiger partial charge in [-0.15, -0.1) is 0 Å². The van der Waals surface area contributed by atoms with E-state index in [0.29, 0.717) is 0 Å². The van der Waals surface area contributed by atoms with Crippen molar-refractivity contribution in [2.75, 3.05) is 0 Å². The number of nitrogens with one attached hydrogen (secondary N) is 3. The molecule has 0 spiro atoms. The summed E-state index contributed by atoms with van der Waals surface area (Å²) in [5.41, 5.74) is 5.41. The molecule has 164 valence electrons. The van der Waals surface area contributed by atoms with Gasteiger partial charge in [-0.05, 0) is 37.8 Å². The Morgan fingerprint density at radius 3 is 2.73 bits per heavy atom. The number of fused-ring (bicyclic) bond motifs is 1. The summed E-state index contributed by atoms with van der Waals surface area (Å²) in [4.78, 5) is 3.20. The molecule has 2 fully saturated rings. The van der Waals surface area contributed by atoms with Gasteiger partial charge in [0.25, 0.3) is 0 Å². The number of hydrogen-bond donors (Lipinski definition) is 3. The smallest absolute Gasteiger partial charge is 0.254 e. The Hall–Kier alpha value is -2.02. The molecule has 2 aromatic heterocycles. The number of sulfonamides is 1. The predicted molar refractivity (Wildman–Crippen MR) is 102 cm³/mol. The molecule has 3 N–H and O–H groups in total. The molecular formula is C18H23F3N6O2S. The quantitative estimate of drug-likeness (QED) is 0.666. The highest BCUT2D eigenvalue weighted by atomic mass is 32.2. The first-order chi connectivity index (χ1) is 14.1. The van der Waals surface area contributed by atoms with Crippen LogP contribution in [0.4, 0.5) is 13.2 Å². The van der Waals surface area contributed by atoms with E-state index in [2.05, 4.69) is 25.7 Å². The summed E-state index contributed by atoms with van der Waals surface area (Å²) in [6, 6.07) is 2.17. The Balaban J connectivity index is 1.58. The predicted octanol–water partition coefficient (Wildman–Crippen LogP) is 1.84. The lowest BCUT2D eigenvalue weighted by molar-refractivity contribution is -0.141. The molecule has 0 bridgehead atoms. The van der Waals surface area contributed by atoms with E-state index in [0.717, 1.165) is 36.0 Å². The van der Waals surface area contributed by atoms with Crippen molar-refractivity contribution in [2.45, 2.75) is 55.9 Å². The van der Waals surface area contributed by atoms with E-state index in [9.17, 15) is 21.6 Å². The molecule has 3 heterocycles. The van der Waals surface area contributed by atoms with Crippen LogP contribution in [0.25, 0.3) is 5.69 Å². The summed E-state index contributed by atoms with van der Waals surface area (Å²) in [6.45, 7) is 4.03. The summed E-state index contributed by atoms with van der Waals surface area (Å²) >= 11 is 0. The number of rotatable bonds is 4. The summed E-state index contributed by atoms with van der Waals surface area (Å²) < 4.78 is 68.7. The highest BCUT2D eigenvalue weighted by Gasteiger charge is 2.45. The van der Waals surface area contributed by atoms with Gasteiger partial charge in [0.2, 0.25) is 10.0 Å². The van der Waals surface area contributed by atoms with Crippen molar-refractivity contribution in [3.8, 4) is 5.69 Å². The van der Waals surface area contributed by atoms with Crippen molar-refractivity contribution in [2.24, 2.45) is 11.8 Å². The molecule has 2 aliphatic rings. The molecule has 0 amide bonds. The van der Waals surface area contributed by atoms with Gasteiger partial charge in [-0.3, -0.25) is 15.8 Å². The maximum atomic E-state index is 13.0. The third-order valence-electron chi connectivity index (χ3n) is 5.96. The third kappa shape index (κ3) is 3.96. The van der Waals surface area contributed by atoms with Crippen molar-refractivity contribution < 1.29 is 21.6 Å². The normalized spacial score (nSPS) is 29.7. The van der Waals surface area contributed by atoms with E-state index in [1.807, 2.05) is 13.8 Å². The first-order valence-electron chi connectivity index (χ1n) is 9.68. The van der Waals surface area contributed by atoms with E-state index >= 15 is 0 Å². The largest absolute Gasteiger partial charge is 0.433 e. The lowest BCUT2D eigenvalue weighted by Gasteiger charge is -2.39. The van der Waals surface area contributed by atoms with Crippen LogP contribution in [0.1, 0.15) is 32.4 Å². The zero-order valence-electron chi connectivity index (χ0n) is 16.4. The number of aromatic nitrogens is 3. The highest BCUT2D eigenvalue weighted by Crippen LogP contribution is 2.35. The molecule has 0 radical (unpaired) electrons. The Morgan fingerprint density at radius 1 is 1.23 bits per heavy atom. The molecular weight excluding hydrogens is 421 g/mol. The fourth-order valence-corrected chi connectivity index (χ4v) is 5.66. The van der Waals surface area contributed by atoms with Gasteiger partial charge in [0, 0.05) is 30.2 Å². The van der Waals surface area contributed by atoms with Gasteiger partial charge in [0.1, 0.15) is 10.6 Å². The second-order valence-corrected chi connectivity index (χ2v) is 9.69. The molecule has 8 nitrogen and oxygen atoms in total. The van der Waals surface area contributed by atoms with Crippen LogP contribution in [0.5, 0.6) is 0 Å². The Labute approximate surface area is 172 Å². The topological polar surface area (TPSA) is 101 Å². The van der Waals surface area contributed by atoms with E-state index < -0.39 is 21.9 Å². The van der Waals surface area contributed by atoms with Crippen LogP contribution in [-0.2, 0) is 16.2 Å². The third-order valence-corrected chi connectivity index (χ3v) is 7.37. The monoisotopic (exact) mass is 444 g/mol. The van der Waals surface area contributed by atoms with E-state index in [1.54, 1.807) is 0 Å².